The van der Waals surface area contributed by atoms with Crippen LogP contribution < -0.4 is 34.2 Å². The summed E-state index contributed by atoms with van der Waals surface area (Å²) >= 11 is 0. The molecule has 94 valence electrons. The lowest BCUT2D eigenvalue weighted by Gasteiger charge is -1.99. The third-order valence-corrected chi connectivity index (χ3v) is 2.16. The highest BCUT2D eigenvalue weighted by atomic mass is 35.5. The van der Waals surface area contributed by atoms with Gasteiger partial charge in [0.15, 0.2) is 21.8 Å². The lowest BCUT2D eigenvalue weighted by Crippen LogP contribution is -3.00. The molecule has 10 heteroatoms. The summed E-state index contributed by atoms with van der Waals surface area (Å²) in [7, 11) is 0. The molecule has 0 amide bonds. The Morgan fingerprint density at radius 1 is 0.778 bits per heavy atom. The molecule has 2 aromatic heterocycles. The van der Waals surface area contributed by atoms with Gasteiger partial charge in [-0.15, -0.1) is 9.36 Å². The van der Waals surface area contributed by atoms with Crippen molar-refractivity contribution in [3.63, 3.8) is 0 Å². The lowest BCUT2D eigenvalue weighted by atomic mass is 10.2. The summed E-state index contributed by atoms with van der Waals surface area (Å²) in [5, 5.41) is 20.3. The average Bonchev–Trinajstić information content (AvgIpc) is 3.03. The van der Waals surface area contributed by atoms with E-state index in [2.05, 4.69) is 31.1 Å². The Morgan fingerprint density at radius 3 is 1.56 bits per heavy atom. The second-order valence-electron chi connectivity index (χ2n) is 3.09. The van der Waals surface area contributed by atoms with E-state index in [1.807, 2.05) is 24.3 Å². The molecule has 8 nitrogen and oxygen atoms in total. The van der Waals surface area contributed by atoms with E-state index in [4.69, 9.17) is 0 Å². The Bertz CT molecular complexity index is 526. The monoisotopic (exact) mass is 286 g/mol. The molecule has 2 heterocycles. The van der Waals surface area contributed by atoms with Crippen molar-refractivity contribution >= 4 is 0 Å². The Hall–Kier alpha value is -2.06. The van der Waals surface area contributed by atoms with E-state index >= 15 is 0 Å². The first kappa shape index (κ1) is 14.0. The van der Waals surface area contributed by atoms with Gasteiger partial charge in [-0.1, -0.05) is 22.6 Å². The third kappa shape index (κ3) is 2.44. The summed E-state index contributed by atoms with van der Waals surface area (Å²) in [4.78, 5) is 0. The maximum Gasteiger partial charge on any atom is 0.293 e. The lowest BCUT2D eigenvalue weighted by molar-refractivity contribution is -0.695. The summed E-state index contributed by atoms with van der Waals surface area (Å²) in [6, 6.07) is 7.72. The highest BCUT2D eigenvalue weighted by Gasteiger charge is 2.14. The topological polar surface area (TPSA) is 90.9 Å². The van der Waals surface area contributed by atoms with Crippen molar-refractivity contribution in [3.05, 3.63) is 36.9 Å². The number of hydrogen-bond donors (Lipinski definition) is 2. The first-order chi connectivity index (χ1) is 7.95. The van der Waals surface area contributed by atoms with Crippen LogP contribution in [0.15, 0.2) is 36.9 Å². The fraction of sp³-hybridized carbons (Fsp3) is 0. The Balaban J connectivity index is 0.000000810. The van der Waals surface area contributed by atoms with Gasteiger partial charge < -0.3 is 24.8 Å². The van der Waals surface area contributed by atoms with Crippen LogP contribution in [0.3, 0.4) is 0 Å². The van der Waals surface area contributed by atoms with Crippen LogP contribution in [-0.2, 0) is 0 Å². The molecule has 3 aromatic rings. The molecule has 1 aromatic carbocycles. The number of halogens is 2. The predicted octanol–water partition coefficient (Wildman–Crippen LogP) is -7.52. The van der Waals surface area contributed by atoms with Gasteiger partial charge in [0.25, 0.3) is 12.7 Å². The van der Waals surface area contributed by atoms with Gasteiger partial charge in [0.05, 0.1) is 0 Å². The number of para-hydroxylation sites is 2. The molecule has 0 saturated heterocycles. The summed E-state index contributed by atoms with van der Waals surface area (Å²) < 4.78 is 3.40. The highest BCUT2D eigenvalue weighted by molar-refractivity contribution is 5.38. The van der Waals surface area contributed by atoms with Gasteiger partial charge in [-0.05, 0) is 12.1 Å². The number of aromatic amines is 2. The van der Waals surface area contributed by atoms with Crippen LogP contribution in [0.2, 0.25) is 0 Å². The van der Waals surface area contributed by atoms with Gasteiger partial charge in [0.2, 0.25) is 0 Å². The van der Waals surface area contributed by atoms with Crippen LogP contribution >= 0.6 is 0 Å². The number of rotatable bonds is 2. The van der Waals surface area contributed by atoms with Crippen LogP contribution in [0, 0.1) is 0 Å². The quantitative estimate of drug-likeness (QED) is 0.458. The average molecular weight is 287 g/mol. The van der Waals surface area contributed by atoms with E-state index in [9.17, 15) is 0 Å². The molecule has 18 heavy (non-hydrogen) atoms. The van der Waals surface area contributed by atoms with Crippen molar-refractivity contribution in [2.24, 2.45) is 0 Å². The number of H-pyrrole nitrogens is 2. The zero-order valence-corrected chi connectivity index (χ0v) is 10.4. The Labute approximate surface area is 114 Å². The van der Waals surface area contributed by atoms with Gasteiger partial charge in [-0.2, -0.15) is 0 Å². The Morgan fingerprint density at radius 2 is 1.22 bits per heavy atom. The molecule has 2 N–H and O–H groups in total. The molecule has 0 fully saturated rings. The molecule has 0 aliphatic rings. The molecule has 0 radical (unpaired) electrons. The second kappa shape index (κ2) is 6.03. The van der Waals surface area contributed by atoms with E-state index in [-0.39, 0.29) is 24.8 Å². The number of nitrogens with zero attached hydrogens (tertiary/aromatic N) is 6. The zero-order chi connectivity index (χ0) is 10.8. The summed E-state index contributed by atoms with van der Waals surface area (Å²) in [5.74, 6) is 0. The van der Waals surface area contributed by atoms with E-state index in [1.165, 1.54) is 0 Å². The molecule has 0 atom stereocenters. The maximum atomic E-state index is 3.73. The zero-order valence-electron chi connectivity index (χ0n) is 8.90. The first-order valence-electron chi connectivity index (χ1n) is 4.60. The van der Waals surface area contributed by atoms with E-state index in [0.717, 1.165) is 11.4 Å². The van der Waals surface area contributed by atoms with Crippen LogP contribution in [0.5, 0.6) is 0 Å². The molecule has 0 saturated carbocycles. The van der Waals surface area contributed by atoms with Gasteiger partial charge in [-0.3, -0.25) is 0 Å². The van der Waals surface area contributed by atoms with Crippen molar-refractivity contribution in [2.75, 3.05) is 0 Å². The predicted molar refractivity (Wildman–Crippen MR) is 49.4 cm³/mol. The van der Waals surface area contributed by atoms with Gasteiger partial charge in [0.1, 0.15) is 10.2 Å². The smallest absolute Gasteiger partial charge is 0.293 e. The van der Waals surface area contributed by atoms with Crippen molar-refractivity contribution in [1.82, 2.24) is 31.1 Å². The van der Waals surface area contributed by atoms with Crippen LogP contribution in [0.4, 0.5) is 0 Å². The van der Waals surface area contributed by atoms with Crippen molar-refractivity contribution in [3.8, 4) is 11.4 Å². The molecular weight excluding hydrogens is 279 g/mol. The van der Waals surface area contributed by atoms with Crippen LogP contribution in [-0.4, -0.2) is 31.1 Å². The fourth-order valence-electron chi connectivity index (χ4n) is 1.46. The normalized spacial score (nSPS) is 9.33. The standard InChI is InChI=1S/C8H6N8.2ClH/c1-2-4-8(16-6-10-12-14-16)7(3-1)15-5-9-11-13-15;;/h1-6H;2*1H. The molecular formula is C8H8Cl2N8. The van der Waals surface area contributed by atoms with Crippen molar-refractivity contribution in [1.29, 1.82) is 0 Å². The van der Waals surface area contributed by atoms with Crippen molar-refractivity contribution in [2.45, 2.75) is 0 Å². The minimum Gasteiger partial charge on any atom is -1.00 e. The first-order valence-corrected chi connectivity index (χ1v) is 4.60. The number of aromatic nitrogens is 8. The number of benzene rings is 1. The Kier molecular flexibility index (Phi) is 4.69. The van der Waals surface area contributed by atoms with E-state index < -0.39 is 0 Å². The number of hydrogen-bond acceptors (Lipinski definition) is 4. The van der Waals surface area contributed by atoms with E-state index in [0.29, 0.717) is 0 Å². The highest BCUT2D eigenvalue weighted by Crippen LogP contribution is 2.05. The summed E-state index contributed by atoms with van der Waals surface area (Å²) in [6.45, 7) is 0. The number of nitrogens with one attached hydrogen (secondary N) is 2. The summed E-state index contributed by atoms with van der Waals surface area (Å²) in [6.07, 6.45) is 3.17. The van der Waals surface area contributed by atoms with Crippen LogP contribution in [0.1, 0.15) is 0 Å². The van der Waals surface area contributed by atoms with Gasteiger partial charge in [-0.25, -0.2) is 0 Å². The molecule has 0 aliphatic carbocycles. The fourth-order valence-corrected chi connectivity index (χ4v) is 1.46. The molecule has 3 rings (SSSR count). The van der Waals surface area contributed by atoms with Gasteiger partial charge in [0, 0.05) is 0 Å². The molecule has 0 spiro atoms. The maximum absolute atomic E-state index is 3.73. The SMILES string of the molecule is [Cl-].[Cl-].c1ccc(-[n+]2cnn[nH]2)c(-[n+]2cnn[nH]2)c1. The number of tetrazole rings is 2. The molecule has 0 bridgehead atoms. The van der Waals surface area contributed by atoms with Crippen molar-refractivity contribution < 1.29 is 34.2 Å². The minimum atomic E-state index is 0. The largest absolute Gasteiger partial charge is 1.00 e. The molecule has 0 unspecified atom stereocenters. The van der Waals surface area contributed by atoms with Gasteiger partial charge >= 0.3 is 0 Å². The van der Waals surface area contributed by atoms with E-state index in [1.54, 1.807) is 22.0 Å². The second-order valence-corrected chi connectivity index (χ2v) is 3.09. The van der Waals surface area contributed by atoms with Crippen LogP contribution in [0.25, 0.3) is 11.4 Å². The minimum absolute atomic E-state index is 0. The summed E-state index contributed by atoms with van der Waals surface area (Å²) in [5.41, 5.74) is 1.78. The third-order valence-electron chi connectivity index (χ3n) is 2.16. The molecule has 0 aliphatic heterocycles.